The predicted octanol–water partition coefficient (Wildman–Crippen LogP) is 0.943. The molecule has 1 atom stereocenters. The summed E-state index contributed by atoms with van der Waals surface area (Å²) in [4.78, 5) is 12.6. The molecule has 1 aromatic rings. The van der Waals surface area contributed by atoms with Crippen molar-refractivity contribution in [1.82, 2.24) is 14.9 Å². The first-order valence-electron chi connectivity index (χ1n) is 8.35. The molecule has 2 N–H and O–H groups in total. The molecule has 0 aromatic heterocycles. The third-order valence-electron chi connectivity index (χ3n) is 5.27. The van der Waals surface area contributed by atoms with E-state index in [-0.39, 0.29) is 22.1 Å². The van der Waals surface area contributed by atoms with Gasteiger partial charge in [0.05, 0.1) is 4.90 Å². The third-order valence-corrected chi connectivity index (χ3v) is 7.10. The number of rotatable bonds is 5. The van der Waals surface area contributed by atoms with Crippen LogP contribution in [0.25, 0.3) is 0 Å². The second kappa shape index (κ2) is 6.46. The highest BCUT2D eigenvalue weighted by Gasteiger charge is 2.57. The molecule has 0 radical (unpaired) electrons. The molecule has 1 aromatic carbocycles. The number of carbonyl (C=O) groups is 1. The molecule has 1 unspecified atom stereocenters. The second-order valence-electron chi connectivity index (χ2n) is 7.02. The van der Waals surface area contributed by atoms with E-state index in [1.165, 1.54) is 18.4 Å². The molecule has 3 rings (SSSR count). The molecule has 0 bridgehead atoms. The van der Waals surface area contributed by atoms with Crippen LogP contribution >= 0.6 is 0 Å². The van der Waals surface area contributed by atoms with Crippen LogP contribution in [-0.4, -0.2) is 45.8 Å². The van der Waals surface area contributed by atoms with Crippen LogP contribution in [-0.2, 0) is 21.4 Å². The normalized spacial score (nSPS) is 22.5. The highest BCUT2D eigenvalue weighted by atomic mass is 32.2. The number of amides is 1. The van der Waals surface area contributed by atoms with E-state index in [9.17, 15) is 13.2 Å². The van der Waals surface area contributed by atoms with Gasteiger partial charge in [0, 0.05) is 26.6 Å². The first kappa shape index (κ1) is 17.4. The minimum absolute atomic E-state index is 0.127. The maximum absolute atomic E-state index is 12.3. The minimum atomic E-state index is -3.41. The van der Waals surface area contributed by atoms with E-state index < -0.39 is 10.0 Å². The number of nitrogens with zero attached hydrogens (tertiary/aromatic N) is 1. The molecular formula is C17H25N3O3S. The van der Waals surface area contributed by atoms with Gasteiger partial charge < -0.3 is 10.6 Å². The molecule has 1 heterocycles. The van der Waals surface area contributed by atoms with Crippen LogP contribution in [0.4, 0.5) is 0 Å². The van der Waals surface area contributed by atoms with Crippen molar-refractivity contribution in [2.75, 3.05) is 27.2 Å². The van der Waals surface area contributed by atoms with E-state index in [2.05, 4.69) is 10.6 Å². The Hall–Kier alpha value is -1.44. The molecule has 1 saturated heterocycles. The number of sulfonamides is 1. The fourth-order valence-corrected chi connectivity index (χ4v) is 4.40. The fraction of sp³-hybridized carbons (Fsp3) is 0.588. The van der Waals surface area contributed by atoms with E-state index in [1.807, 2.05) is 0 Å². The molecular weight excluding hydrogens is 326 g/mol. The molecule has 132 valence electrons. The Bertz CT molecular complexity index is 707. The van der Waals surface area contributed by atoms with Gasteiger partial charge in [-0.25, -0.2) is 12.7 Å². The van der Waals surface area contributed by atoms with E-state index in [1.54, 1.807) is 24.3 Å². The molecule has 1 spiro atoms. The summed E-state index contributed by atoms with van der Waals surface area (Å²) < 4.78 is 25.2. The van der Waals surface area contributed by atoms with Gasteiger partial charge in [0.1, 0.15) is 0 Å². The van der Waals surface area contributed by atoms with E-state index in [4.69, 9.17) is 0 Å². The van der Waals surface area contributed by atoms with Gasteiger partial charge in [-0.3, -0.25) is 4.79 Å². The van der Waals surface area contributed by atoms with Crippen LogP contribution in [0.15, 0.2) is 29.2 Å². The maximum Gasteiger partial charge on any atom is 0.242 e. The number of carbonyl (C=O) groups excluding carboxylic acids is 1. The largest absolute Gasteiger partial charge is 0.352 e. The highest BCUT2D eigenvalue weighted by Crippen LogP contribution is 2.58. The highest BCUT2D eigenvalue weighted by molar-refractivity contribution is 7.89. The molecule has 1 saturated carbocycles. The molecule has 1 amide bonds. The Kier molecular flexibility index (Phi) is 4.68. The second-order valence-corrected chi connectivity index (χ2v) is 9.17. The van der Waals surface area contributed by atoms with Crippen LogP contribution in [0.1, 0.15) is 24.8 Å². The van der Waals surface area contributed by atoms with Crippen molar-refractivity contribution >= 4 is 15.9 Å². The average molecular weight is 351 g/mol. The summed E-state index contributed by atoms with van der Waals surface area (Å²) in [7, 11) is -0.388. The Balaban J connectivity index is 1.55. The summed E-state index contributed by atoms with van der Waals surface area (Å²) in [6.07, 6.45) is 3.17. The van der Waals surface area contributed by atoms with Gasteiger partial charge >= 0.3 is 0 Å². The number of benzene rings is 1. The minimum Gasteiger partial charge on any atom is -0.352 e. The lowest BCUT2D eigenvalue weighted by Crippen LogP contribution is -2.33. The van der Waals surface area contributed by atoms with Crippen LogP contribution < -0.4 is 10.6 Å². The van der Waals surface area contributed by atoms with Crippen LogP contribution in [0.2, 0.25) is 0 Å². The summed E-state index contributed by atoms with van der Waals surface area (Å²) in [6, 6.07) is 6.68. The molecule has 7 heteroatoms. The monoisotopic (exact) mass is 351 g/mol. The molecule has 1 aliphatic heterocycles. The quantitative estimate of drug-likeness (QED) is 0.828. The Labute approximate surface area is 143 Å². The Morgan fingerprint density at radius 3 is 2.46 bits per heavy atom. The van der Waals surface area contributed by atoms with Gasteiger partial charge in [0.25, 0.3) is 0 Å². The lowest BCUT2D eigenvalue weighted by atomic mass is 9.92. The standard InChI is InChI=1S/C17H25N3O3S/c1-20(2)24(22,23)14-5-3-13(4-6-14)12-19-16(21)15-11-17(15)7-9-18-10-8-17/h3-6,15,18H,7-12H2,1-2H3,(H,19,21). The van der Waals surface area contributed by atoms with Crippen molar-refractivity contribution in [3.8, 4) is 0 Å². The zero-order valence-electron chi connectivity index (χ0n) is 14.2. The molecule has 24 heavy (non-hydrogen) atoms. The van der Waals surface area contributed by atoms with Gasteiger partial charge in [-0.1, -0.05) is 12.1 Å². The average Bonchev–Trinajstić information content (AvgIpc) is 3.26. The zero-order chi connectivity index (χ0) is 17.4. The van der Waals surface area contributed by atoms with E-state index in [0.29, 0.717) is 6.54 Å². The van der Waals surface area contributed by atoms with Gasteiger partial charge in [-0.05, 0) is 55.5 Å². The van der Waals surface area contributed by atoms with Crippen molar-refractivity contribution in [3.05, 3.63) is 29.8 Å². The van der Waals surface area contributed by atoms with Gasteiger partial charge in [0.15, 0.2) is 0 Å². The van der Waals surface area contributed by atoms with Crippen LogP contribution in [0.5, 0.6) is 0 Å². The Morgan fingerprint density at radius 1 is 1.25 bits per heavy atom. The van der Waals surface area contributed by atoms with Crippen LogP contribution in [0.3, 0.4) is 0 Å². The molecule has 2 aliphatic rings. The maximum atomic E-state index is 12.3. The third kappa shape index (κ3) is 3.34. The van der Waals surface area contributed by atoms with Crippen molar-refractivity contribution in [2.24, 2.45) is 11.3 Å². The van der Waals surface area contributed by atoms with Crippen molar-refractivity contribution < 1.29 is 13.2 Å². The Morgan fingerprint density at radius 2 is 1.88 bits per heavy atom. The van der Waals surface area contributed by atoms with Crippen molar-refractivity contribution in [1.29, 1.82) is 0 Å². The SMILES string of the molecule is CN(C)S(=O)(=O)c1ccc(CNC(=O)C2CC23CCNCC3)cc1. The zero-order valence-corrected chi connectivity index (χ0v) is 15.0. The summed E-state index contributed by atoms with van der Waals surface area (Å²) in [5, 5.41) is 6.33. The lowest BCUT2D eigenvalue weighted by Gasteiger charge is -2.23. The van der Waals surface area contributed by atoms with Crippen molar-refractivity contribution in [2.45, 2.75) is 30.7 Å². The predicted molar refractivity (Wildman–Crippen MR) is 91.8 cm³/mol. The summed E-state index contributed by atoms with van der Waals surface area (Å²) in [5.41, 5.74) is 1.14. The first-order chi connectivity index (χ1) is 11.3. The first-order valence-corrected chi connectivity index (χ1v) is 9.79. The topological polar surface area (TPSA) is 78.5 Å². The fourth-order valence-electron chi connectivity index (χ4n) is 3.50. The van der Waals surface area contributed by atoms with E-state index in [0.717, 1.165) is 37.9 Å². The van der Waals surface area contributed by atoms with Gasteiger partial charge in [0.2, 0.25) is 15.9 Å². The van der Waals surface area contributed by atoms with Gasteiger partial charge in [-0.2, -0.15) is 0 Å². The number of piperidine rings is 1. The van der Waals surface area contributed by atoms with Gasteiger partial charge in [-0.15, -0.1) is 0 Å². The molecule has 6 nitrogen and oxygen atoms in total. The van der Waals surface area contributed by atoms with Crippen molar-refractivity contribution in [3.63, 3.8) is 0 Å². The lowest BCUT2D eigenvalue weighted by molar-refractivity contribution is -0.123. The van der Waals surface area contributed by atoms with Crippen LogP contribution in [0, 0.1) is 11.3 Å². The summed E-state index contributed by atoms with van der Waals surface area (Å²) in [5.74, 6) is 0.273. The summed E-state index contributed by atoms with van der Waals surface area (Å²) >= 11 is 0. The van der Waals surface area contributed by atoms with E-state index >= 15 is 0 Å². The molecule has 1 aliphatic carbocycles. The number of hydrogen-bond donors (Lipinski definition) is 2. The molecule has 2 fully saturated rings. The summed E-state index contributed by atoms with van der Waals surface area (Å²) in [6.45, 7) is 2.45. The number of nitrogens with one attached hydrogen (secondary N) is 2. The smallest absolute Gasteiger partial charge is 0.242 e. The number of hydrogen-bond acceptors (Lipinski definition) is 4.